The molecule has 0 unspecified atom stereocenters. The lowest BCUT2D eigenvalue weighted by Gasteiger charge is -2.26. The number of para-hydroxylation sites is 1. The fourth-order valence-electron chi connectivity index (χ4n) is 8.13. The molecule has 0 atom stereocenters. The van der Waals surface area contributed by atoms with Gasteiger partial charge in [0.05, 0.1) is 0 Å². The molecule has 0 aliphatic carbocycles. The second kappa shape index (κ2) is 13.6. The Morgan fingerprint density at radius 1 is 0.368 bits per heavy atom. The van der Waals surface area contributed by atoms with Crippen LogP contribution in [0.5, 0.6) is 0 Å². The van der Waals surface area contributed by atoms with Crippen LogP contribution in [-0.4, -0.2) is 4.98 Å². The largest absolute Gasteiger partial charge is 0.455 e. The number of nitrogens with zero attached hydrogens (tertiary/aromatic N) is 2. The van der Waals surface area contributed by atoms with Gasteiger partial charge < -0.3 is 13.7 Å². The van der Waals surface area contributed by atoms with Crippen LogP contribution in [0.25, 0.3) is 88.6 Å². The summed E-state index contributed by atoms with van der Waals surface area (Å²) in [6.07, 6.45) is 0. The lowest BCUT2D eigenvalue weighted by Crippen LogP contribution is -2.09. The second-order valence-corrected chi connectivity index (χ2v) is 14.3. The maximum atomic E-state index is 7.01. The molecule has 0 aliphatic heterocycles. The fourth-order valence-corrected chi connectivity index (χ4v) is 8.13. The minimum absolute atomic E-state index is 0.595. The molecule has 11 rings (SSSR count). The van der Waals surface area contributed by atoms with Crippen molar-refractivity contribution in [3.63, 3.8) is 0 Å². The van der Waals surface area contributed by atoms with Gasteiger partial charge in [-0.2, -0.15) is 0 Å². The number of oxazole rings is 1. The number of rotatable bonds is 7. The summed E-state index contributed by atoms with van der Waals surface area (Å²) in [6.45, 7) is 0. The van der Waals surface area contributed by atoms with Crippen LogP contribution in [0.2, 0.25) is 0 Å². The third-order valence-electron chi connectivity index (χ3n) is 10.9. The molecular weight excluding hydrogens is 697 g/mol. The van der Waals surface area contributed by atoms with E-state index in [4.69, 9.17) is 13.8 Å². The van der Waals surface area contributed by atoms with Crippen molar-refractivity contribution in [1.82, 2.24) is 4.98 Å². The first kappa shape index (κ1) is 32.7. The Balaban J connectivity index is 1.09. The Kier molecular flexibility index (Phi) is 7.78. The summed E-state index contributed by atoms with van der Waals surface area (Å²) in [5, 5.41) is 4.32. The fraction of sp³-hybridized carbons (Fsp3) is 0. The van der Waals surface area contributed by atoms with Gasteiger partial charge in [0, 0.05) is 50.6 Å². The smallest absolute Gasteiger partial charge is 0.227 e. The standard InChI is InChI=1S/C53H34N2O2/c1-4-13-35(14-5-1)37-23-27-41(28-24-37)55(42-29-25-38(26-30-42)36-15-6-2-7-16-36)43-31-32-45-47-33-40-19-10-11-20-44(40)50(52(47)56-49(45)34-43)46-21-12-22-48-51(46)57-53(54-48)39-17-8-3-9-18-39/h1-34H. The summed E-state index contributed by atoms with van der Waals surface area (Å²) in [6, 6.07) is 72.1. The van der Waals surface area contributed by atoms with Crippen molar-refractivity contribution in [2.45, 2.75) is 0 Å². The van der Waals surface area contributed by atoms with Crippen LogP contribution in [-0.2, 0) is 0 Å². The van der Waals surface area contributed by atoms with Gasteiger partial charge in [-0.05, 0) is 93.7 Å². The molecule has 0 bridgehead atoms. The highest BCUT2D eigenvalue weighted by Gasteiger charge is 2.22. The predicted octanol–water partition coefficient (Wildman–Crippen LogP) is 15.0. The molecule has 11 aromatic rings. The third-order valence-corrected chi connectivity index (χ3v) is 10.9. The molecule has 2 aromatic heterocycles. The molecule has 9 aromatic carbocycles. The van der Waals surface area contributed by atoms with Crippen LogP contribution in [0.3, 0.4) is 0 Å². The topological polar surface area (TPSA) is 42.4 Å². The van der Waals surface area contributed by atoms with E-state index in [0.717, 1.165) is 77.6 Å². The van der Waals surface area contributed by atoms with E-state index in [1.54, 1.807) is 0 Å². The zero-order valence-corrected chi connectivity index (χ0v) is 30.8. The summed E-state index contributed by atoms with van der Waals surface area (Å²) in [4.78, 5) is 7.20. The van der Waals surface area contributed by atoms with Gasteiger partial charge in [0.2, 0.25) is 5.89 Å². The lowest BCUT2D eigenvalue weighted by atomic mass is 9.94. The highest BCUT2D eigenvalue weighted by molar-refractivity contribution is 6.20. The molecule has 0 spiro atoms. The molecule has 0 saturated carbocycles. The van der Waals surface area contributed by atoms with Gasteiger partial charge in [0.15, 0.2) is 5.58 Å². The van der Waals surface area contributed by atoms with E-state index in [1.807, 2.05) is 42.5 Å². The Morgan fingerprint density at radius 2 is 0.930 bits per heavy atom. The van der Waals surface area contributed by atoms with Crippen LogP contribution >= 0.6 is 0 Å². The van der Waals surface area contributed by atoms with Gasteiger partial charge in [-0.3, -0.25) is 0 Å². The maximum absolute atomic E-state index is 7.01. The Bertz CT molecular complexity index is 3120. The normalized spacial score (nSPS) is 11.5. The predicted molar refractivity (Wildman–Crippen MR) is 235 cm³/mol. The highest BCUT2D eigenvalue weighted by Crippen LogP contribution is 2.46. The summed E-state index contributed by atoms with van der Waals surface area (Å²) in [5.41, 5.74) is 13.9. The third kappa shape index (κ3) is 5.74. The first-order valence-corrected chi connectivity index (χ1v) is 19.2. The SMILES string of the molecule is c1ccc(-c2ccc(N(c3ccc(-c4ccccc4)cc3)c3ccc4c(c3)oc3c(-c5cccc6nc(-c7ccccc7)oc56)c5ccccc5cc34)cc2)cc1. The van der Waals surface area contributed by atoms with Gasteiger partial charge >= 0.3 is 0 Å². The second-order valence-electron chi connectivity index (χ2n) is 14.3. The van der Waals surface area contributed by atoms with Crippen molar-refractivity contribution in [2.75, 3.05) is 4.90 Å². The zero-order chi connectivity index (χ0) is 37.7. The summed E-state index contributed by atoms with van der Waals surface area (Å²) in [7, 11) is 0. The average Bonchev–Trinajstić information content (AvgIpc) is 3.89. The molecular formula is C53H34N2O2. The number of aromatic nitrogens is 1. The molecule has 0 N–H and O–H groups in total. The number of benzene rings is 9. The van der Waals surface area contributed by atoms with E-state index >= 15 is 0 Å². The number of furan rings is 1. The number of anilines is 3. The minimum atomic E-state index is 0.595. The molecule has 268 valence electrons. The molecule has 4 heteroatoms. The van der Waals surface area contributed by atoms with Gasteiger partial charge in [-0.25, -0.2) is 4.98 Å². The van der Waals surface area contributed by atoms with Gasteiger partial charge in [-0.1, -0.05) is 140 Å². The molecule has 57 heavy (non-hydrogen) atoms. The van der Waals surface area contributed by atoms with E-state index in [-0.39, 0.29) is 0 Å². The van der Waals surface area contributed by atoms with Gasteiger partial charge in [0.1, 0.15) is 16.7 Å². The first-order chi connectivity index (χ1) is 28.2. The molecule has 0 amide bonds. The molecule has 4 nitrogen and oxygen atoms in total. The Labute approximate surface area is 329 Å². The van der Waals surface area contributed by atoms with Crippen LogP contribution in [0.1, 0.15) is 0 Å². The number of hydrogen-bond donors (Lipinski definition) is 0. The van der Waals surface area contributed by atoms with E-state index in [0.29, 0.717) is 5.89 Å². The van der Waals surface area contributed by atoms with Crippen molar-refractivity contribution in [2.24, 2.45) is 0 Å². The summed E-state index contributed by atoms with van der Waals surface area (Å²) >= 11 is 0. The highest BCUT2D eigenvalue weighted by atomic mass is 16.3. The molecule has 0 aliphatic rings. The van der Waals surface area contributed by atoms with E-state index < -0.39 is 0 Å². The average molecular weight is 731 g/mol. The van der Waals surface area contributed by atoms with E-state index in [9.17, 15) is 0 Å². The number of hydrogen-bond acceptors (Lipinski definition) is 4. The van der Waals surface area contributed by atoms with Crippen molar-refractivity contribution < 1.29 is 8.83 Å². The lowest BCUT2D eigenvalue weighted by molar-refractivity contribution is 0.620. The first-order valence-electron chi connectivity index (χ1n) is 19.2. The van der Waals surface area contributed by atoms with Crippen molar-refractivity contribution in [1.29, 1.82) is 0 Å². The van der Waals surface area contributed by atoms with Gasteiger partial charge in [0.25, 0.3) is 0 Å². The van der Waals surface area contributed by atoms with Crippen LogP contribution in [0.4, 0.5) is 17.1 Å². The number of fused-ring (bicyclic) bond motifs is 5. The van der Waals surface area contributed by atoms with Crippen LogP contribution < -0.4 is 4.90 Å². The van der Waals surface area contributed by atoms with Crippen LogP contribution in [0.15, 0.2) is 215 Å². The van der Waals surface area contributed by atoms with E-state index in [2.05, 4.69) is 169 Å². The van der Waals surface area contributed by atoms with Crippen molar-refractivity contribution in [3.8, 4) is 44.8 Å². The van der Waals surface area contributed by atoms with Crippen molar-refractivity contribution in [3.05, 3.63) is 206 Å². The Hall–Kier alpha value is -7.69. The van der Waals surface area contributed by atoms with Crippen molar-refractivity contribution >= 4 is 60.9 Å². The van der Waals surface area contributed by atoms with E-state index in [1.165, 1.54) is 22.3 Å². The zero-order valence-electron chi connectivity index (χ0n) is 30.8. The van der Waals surface area contributed by atoms with Crippen LogP contribution in [0, 0.1) is 0 Å². The monoisotopic (exact) mass is 730 g/mol. The molecule has 0 fully saturated rings. The maximum Gasteiger partial charge on any atom is 0.227 e. The Morgan fingerprint density at radius 3 is 1.58 bits per heavy atom. The minimum Gasteiger partial charge on any atom is -0.455 e. The van der Waals surface area contributed by atoms with Gasteiger partial charge in [-0.15, -0.1) is 0 Å². The molecule has 2 heterocycles. The summed E-state index contributed by atoms with van der Waals surface area (Å²) in [5.74, 6) is 0.595. The quantitative estimate of drug-likeness (QED) is 0.164. The molecule has 0 radical (unpaired) electrons. The molecule has 0 saturated heterocycles. The summed E-state index contributed by atoms with van der Waals surface area (Å²) < 4.78 is 13.6.